The van der Waals surface area contributed by atoms with Crippen LogP contribution in [0, 0.1) is 5.92 Å². The van der Waals surface area contributed by atoms with Crippen molar-refractivity contribution in [3.8, 4) is 0 Å². The molecule has 1 aromatic carbocycles. The number of Topliss-reactive ketones (excluding diaryl/α,β-unsaturated/α-hetero) is 1. The molecule has 0 radical (unpaired) electrons. The molecule has 1 saturated heterocycles. The Hall–Kier alpha value is -1.31. The molecule has 1 aliphatic rings. The molecule has 2 heteroatoms. The van der Waals surface area contributed by atoms with Crippen LogP contribution in [0.2, 0.25) is 0 Å². The van der Waals surface area contributed by atoms with Crippen molar-refractivity contribution in [1.82, 2.24) is 0 Å². The van der Waals surface area contributed by atoms with Gasteiger partial charge in [-0.1, -0.05) is 32.0 Å². The first kappa shape index (κ1) is 11.2. The van der Waals surface area contributed by atoms with Crippen molar-refractivity contribution in [2.75, 3.05) is 11.4 Å². The fourth-order valence-corrected chi connectivity index (χ4v) is 2.38. The van der Waals surface area contributed by atoms with E-state index < -0.39 is 0 Å². The van der Waals surface area contributed by atoms with Crippen molar-refractivity contribution in [2.24, 2.45) is 5.92 Å². The number of hydrogen-bond donors (Lipinski definition) is 0. The average molecular weight is 217 g/mol. The van der Waals surface area contributed by atoms with Gasteiger partial charge in [-0.25, -0.2) is 0 Å². The summed E-state index contributed by atoms with van der Waals surface area (Å²) in [6, 6.07) is 10.4. The Morgan fingerprint density at radius 2 is 2.00 bits per heavy atom. The van der Waals surface area contributed by atoms with E-state index in [4.69, 9.17) is 0 Å². The normalized spacial score (nSPS) is 20.4. The van der Waals surface area contributed by atoms with Crippen LogP contribution >= 0.6 is 0 Å². The maximum absolute atomic E-state index is 12.1. The first-order valence-corrected chi connectivity index (χ1v) is 6.05. The van der Waals surface area contributed by atoms with Gasteiger partial charge in [-0.05, 0) is 25.0 Å². The van der Waals surface area contributed by atoms with E-state index in [1.807, 2.05) is 32.0 Å². The lowest BCUT2D eigenvalue weighted by Crippen LogP contribution is -2.38. The van der Waals surface area contributed by atoms with Crippen LogP contribution in [0.5, 0.6) is 0 Å². The van der Waals surface area contributed by atoms with Crippen molar-refractivity contribution in [3.05, 3.63) is 30.3 Å². The van der Waals surface area contributed by atoms with Crippen molar-refractivity contribution in [3.63, 3.8) is 0 Å². The van der Waals surface area contributed by atoms with E-state index in [0.29, 0.717) is 5.78 Å². The van der Waals surface area contributed by atoms with E-state index in [1.165, 1.54) is 5.69 Å². The molecule has 1 unspecified atom stereocenters. The zero-order chi connectivity index (χ0) is 11.5. The molecular formula is C14H19NO. The summed E-state index contributed by atoms with van der Waals surface area (Å²) in [4.78, 5) is 14.3. The predicted octanol–water partition coefficient (Wildman–Crippen LogP) is 2.88. The highest BCUT2D eigenvalue weighted by molar-refractivity contribution is 5.89. The fraction of sp³-hybridized carbons (Fsp3) is 0.500. The molecular weight excluding hydrogens is 198 g/mol. The lowest BCUT2D eigenvalue weighted by molar-refractivity contribution is -0.123. The molecule has 1 aromatic rings. The Labute approximate surface area is 97.3 Å². The molecule has 0 amide bonds. The summed E-state index contributed by atoms with van der Waals surface area (Å²) < 4.78 is 0. The maximum atomic E-state index is 12.1. The van der Waals surface area contributed by atoms with E-state index in [1.54, 1.807) is 0 Å². The molecule has 1 aliphatic heterocycles. The van der Waals surface area contributed by atoms with Crippen LogP contribution in [0.25, 0.3) is 0 Å². The van der Waals surface area contributed by atoms with Crippen LogP contribution < -0.4 is 4.90 Å². The third-order valence-electron chi connectivity index (χ3n) is 3.24. The van der Waals surface area contributed by atoms with Crippen LogP contribution in [0.4, 0.5) is 5.69 Å². The van der Waals surface area contributed by atoms with Crippen LogP contribution in [-0.4, -0.2) is 18.4 Å². The Bertz CT molecular complexity index is 358. The van der Waals surface area contributed by atoms with E-state index in [2.05, 4.69) is 17.0 Å². The van der Waals surface area contributed by atoms with Gasteiger partial charge in [0, 0.05) is 18.2 Å². The maximum Gasteiger partial charge on any atom is 0.157 e. The third-order valence-corrected chi connectivity index (χ3v) is 3.24. The van der Waals surface area contributed by atoms with Crippen molar-refractivity contribution in [1.29, 1.82) is 0 Å². The van der Waals surface area contributed by atoms with Gasteiger partial charge in [0.05, 0.1) is 6.04 Å². The van der Waals surface area contributed by atoms with Gasteiger partial charge in [0.15, 0.2) is 5.78 Å². The first-order chi connectivity index (χ1) is 7.70. The summed E-state index contributed by atoms with van der Waals surface area (Å²) in [6.45, 7) is 4.99. The third kappa shape index (κ3) is 2.11. The number of ketones is 1. The van der Waals surface area contributed by atoms with E-state index in [0.717, 1.165) is 19.4 Å². The molecule has 86 valence electrons. The molecule has 16 heavy (non-hydrogen) atoms. The van der Waals surface area contributed by atoms with E-state index >= 15 is 0 Å². The van der Waals surface area contributed by atoms with Gasteiger partial charge >= 0.3 is 0 Å². The smallest absolute Gasteiger partial charge is 0.157 e. The van der Waals surface area contributed by atoms with Crippen molar-refractivity contribution < 1.29 is 4.79 Å². The van der Waals surface area contributed by atoms with Gasteiger partial charge in [0.2, 0.25) is 0 Å². The minimum atomic E-state index is 0.0994. The summed E-state index contributed by atoms with van der Waals surface area (Å²) in [6.07, 6.45) is 2.13. The highest BCUT2D eigenvalue weighted by atomic mass is 16.1. The highest BCUT2D eigenvalue weighted by Gasteiger charge is 2.31. The molecule has 0 bridgehead atoms. The first-order valence-electron chi connectivity index (χ1n) is 6.05. The van der Waals surface area contributed by atoms with Crippen LogP contribution in [0.15, 0.2) is 30.3 Å². The van der Waals surface area contributed by atoms with Crippen molar-refractivity contribution >= 4 is 11.5 Å². The van der Waals surface area contributed by atoms with Gasteiger partial charge < -0.3 is 4.90 Å². The Balaban J connectivity index is 2.19. The van der Waals surface area contributed by atoms with E-state index in [9.17, 15) is 4.79 Å². The van der Waals surface area contributed by atoms with Gasteiger partial charge in [-0.2, -0.15) is 0 Å². The summed E-state index contributed by atoms with van der Waals surface area (Å²) in [5.41, 5.74) is 1.18. The predicted molar refractivity (Wildman–Crippen MR) is 66.7 cm³/mol. The number of carbonyl (C=O) groups is 1. The van der Waals surface area contributed by atoms with Crippen LogP contribution in [-0.2, 0) is 4.79 Å². The average Bonchev–Trinajstić information content (AvgIpc) is 2.77. The Kier molecular flexibility index (Phi) is 3.28. The summed E-state index contributed by atoms with van der Waals surface area (Å²) in [5, 5.41) is 0. The lowest BCUT2D eigenvalue weighted by Gasteiger charge is -2.26. The second-order valence-electron chi connectivity index (χ2n) is 4.74. The molecule has 1 heterocycles. The zero-order valence-corrected chi connectivity index (χ0v) is 10.0. The molecule has 1 fully saturated rings. The summed E-state index contributed by atoms with van der Waals surface area (Å²) in [7, 11) is 0. The topological polar surface area (TPSA) is 20.3 Å². The Morgan fingerprint density at radius 1 is 1.31 bits per heavy atom. The van der Waals surface area contributed by atoms with E-state index in [-0.39, 0.29) is 12.0 Å². The minimum Gasteiger partial charge on any atom is -0.361 e. The second kappa shape index (κ2) is 4.69. The largest absolute Gasteiger partial charge is 0.361 e. The minimum absolute atomic E-state index is 0.0994. The second-order valence-corrected chi connectivity index (χ2v) is 4.74. The summed E-state index contributed by atoms with van der Waals surface area (Å²) in [5.74, 6) is 0.510. The monoisotopic (exact) mass is 217 g/mol. The van der Waals surface area contributed by atoms with Gasteiger partial charge in [-0.15, -0.1) is 0 Å². The quantitative estimate of drug-likeness (QED) is 0.776. The number of hydrogen-bond acceptors (Lipinski definition) is 2. The molecule has 0 saturated carbocycles. The van der Waals surface area contributed by atoms with Gasteiger partial charge in [0.1, 0.15) is 0 Å². The number of benzene rings is 1. The standard InChI is InChI=1S/C14H19NO/c1-11(2)14(16)13-9-6-10-15(13)12-7-4-3-5-8-12/h3-5,7-8,11,13H,6,9-10H2,1-2H3. The zero-order valence-electron chi connectivity index (χ0n) is 10.0. The molecule has 0 N–H and O–H groups in total. The van der Waals surface area contributed by atoms with Crippen molar-refractivity contribution in [2.45, 2.75) is 32.7 Å². The highest BCUT2D eigenvalue weighted by Crippen LogP contribution is 2.27. The molecule has 0 spiro atoms. The number of para-hydroxylation sites is 1. The number of carbonyl (C=O) groups excluding carboxylic acids is 1. The number of nitrogens with zero attached hydrogens (tertiary/aromatic N) is 1. The van der Waals surface area contributed by atoms with Crippen LogP contribution in [0.1, 0.15) is 26.7 Å². The molecule has 2 nitrogen and oxygen atoms in total. The SMILES string of the molecule is CC(C)C(=O)C1CCCN1c1ccccc1. The Morgan fingerprint density at radius 3 is 2.62 bits per heavy atom. The lowest BCUT2D eigenvalue weighted by atomic mass is 9.99. The van der Waals surface area contributed by atoms with Gasteiger partial charge in [-0.3, -0.25) is 4.79 Å². The summed E-state index contributed by atoms with van der Waals surface area (Å²) >= 11 is 0. The van der Waals surface area contributed by atoms with Crippen LogP contribution in [0.3, 0.4) is 0 Å². The molecule has 2 rings (SSSR count). The fourth-order valence-electron chi connectivity index (χ4n) is 2.38. The van der Waals surface area contributed by atoms with Gasteiger partial charge in [0.25, 0.3) is 0 Å². The molecule has 0 aromatic heterocycles. The molecule has 0 aliphatic carbocycles. The molecule has 1 atom stereocenters. The number of rotatable bonds is 3. The number of anilines is 1.